The van der Waals surface area contributed by atoms with Crippen LogP contribution in [0, 0.1) is 13.8 Å². The third kappa shape index (κ3) is 5.88. The van der Waals surface area contributed by atoms with Crippen molar-refractivity contribution in [2.45, 2.75) is 38.6 Å². The summed E-state index contributed by atoms with van der Waals surface area (Å²) in [6.45, 7) is 7.34. The van der Waals surface area contributed by atoms with Crippen LogP contribution in [0.4, 0.5) is 0 Å². The number of aryl methyl sites for hydroxylation is 2. The average Bonchev–Trinajstić information content (AvgIpc) is 2.75. The Morgan fingerprint density at radius 1 is 1.10 bits per heavy atom. The minimum absolute atomic E-state index is 0. The van der Waals surface area contributed by atoms with Crippen molar-refractivity contribution in [2.24, 2.45) is 4.99 Å². The molecular weight excluding hydrogens is 489 g/mol. The van der Waals surface area contributed by atoms with Crippen molar-refractivity contribution in [1.29, 1.82) is 0 Å². The first-order chi connectivity index (χ1) is 14.1. The van der Waals surface area contributed by atoms with E-state index in [-0.39, 0.29) is 29.4 Å². The van der Waals surface area contributed by atoms with Crippen LogP contribution < -0.4 is 15.4 Å². The van der Waals surface area contributed by atoms with E-state index in [1.807, 2.05) is 7.05 Å². The Bertz CT molecular complexity index is 848. The van der Waals surface area contributed by atoms with Crippen LogP contribution in [0.25, 0.3) is 0 Å². The van der Waals surface area contributed by atoms with Gasteiger partial charge in [-0.15, -0.1) is 24.0 Å². The van der Waals surface area contributed by atoms with E-state index < -0.39 is 0 Å². The van der Waals surface area contributed by atoms with Gasteiger partial charge in [0.1, 0.15) is 5.75 Å². The van der Waals surface area contributed by atoms with E-state index in [0.29, 0.717) is 6.54 Å². The van der Waals surface area contributed by atoms with Crippen molar-refractivity contribution in [3.63, 3.8) is 0 Å². The lowest BCUT2D eigenvalue weighted by Gasteiger charge is -2.39. The van der Waals surface area contributed by atoms with E-state index >= 15 is 0 Å². The van der Waals surface area contributed by atoms with Gasteiger partial charge in [0, 0.05) is 44.3 Å². The molecule has 0 amide bonds. The molecule has 0 aromatic heterocycles. The molecule has 1 heterocycles. The highest BCUT2D eigenvalue weighted by atomic mass is 127. The maximum Gasteiger partial charge on any atom is 0.191 e. The highest BCUT2D eigenvalue weighted by Crippen LogP contribution is 2.36. The zero-order chi connectivity index (χ0) is 20.7. The molecule has 0 saturated carbocycles. The maximum absolute atomic E-state index is 5.67. The van der Waals surface area contributed by atoms with Gasteiger partial charge in [0.25, 0.3) is 0 Å². The first-order valence-electron chi connectivity index (χ1n) is 10.3. The molecule has 1 aliphatic heterocycles. The summed E-state index contributed by atoms with van der Waals surface area (Å²) in [5.41, 5.74) is 5.10. The molecule has 5 nitrogen and oxygen atoms in total. The van der Waals surface area contributed by atoms with Gasteiger partial charge in [-0.3, -0.25) is 4.99 Å². The van der Waals surface area contributed by atoms with Crippen molar-refractivity contribution >= 4 is 29.9 Å². The van der Waals surface area contributed by atoms with Gasteiger partial charge >= 0.3 is 0 Å². The number of ether oxygens (including phenoxy) is 2. The van der Waals surface area contributed by atoms with Gasteiger partial charge in [-0.1, -0.05) is 36.4 Å². The number of nitrogens with one attached hydrogen (secondary N) is 2. The van der Waals surface area contributed by atoms with Gasteiger partial charge in [-0.2, -0.15) is 0 Å². The second-order valence-electron chi connectivity index (χ2n) is 7.80. The van der Waals surface area contributed by atoms with Gasteiger partial charge in [-0.05, 0) is 49.4 Å². The Morgan fingerprint density at radius 3 is 2.50 bits per heavy atom. The zero-order valence-electron chi connectivity index (χ0n) is 18.5. The molecule has 0 unspecified atom stereocenters. The second kappa shape index (κ2) is 11.6. The predicted molar refractivity (Wildman–Crippen MR) is 134 cm³/mol. The van der Waals surface area contributed by atoms with Crippen LogP contribution in [-0.4, -0.2) is 39.9 Å². The van der Waals surface area contributed by atoms with Crippen molar-refractivity contribution < 1.29 is 9.47 Å². The van der Waals surface area contributed by atoms with Crippen LogP contribution in [0.5, 0.6) is 5.75 Å². The lowest BCUT2D eigenvalue weighted by Crippen LogP contribution is -2.48. The second-order valence-corrected chi connectivity index (χ2v) is 7.80. The first kappa shape index (κ1) is 24.5. The standard InChI is InChI=1S/C24H33N3O2.HI/c1-18-9-10-20(22(15-18)28-4)16-26-23(25-3)27-17-24(11-13-29-14-12-24)21-8-6-5-7-19(21)2;/h5-10,15H,11-14,16-17H2,1-4H3,(H2,25,26,27);1H. The number of aliphatic imine (C=N–C) groups is 1. The Kier molecular flexibility index (Phi) is 9.42. The van der Waals surface area contributed by atoms with Crippen LogP contribution >= 0.6 is 24.0 Å². The van der Waals surface area contributed by atoms with Gasteiger partial charge < -0.3 is 20.1 Å². The van der Waals surface area contributed by atoms with Crippen molar-refractivity contribution in [1.82, 2.24) is 10.6 Å². The molecule has 1 aliphatic rings. The Balaban J connectivity index is 0.00000320. The summed E-state index contributed by atoms with van der Waals surface area (Å²) in [6, 6.07) is 15.0. The smallest absolute Gasteiger partial charge is 0.191 e. The van der Waals surface area contributed by atoms with E-state index in [4.69, 9.17) is 9.47 Å². The number of rotatable bonds is 6. The highest BCUT2D eigenvalue weighted by Gasteiger charge is 2.35. The van der Waals surface area contributed by atoms with Crippen LogP contribution in [0.2, 0.25) is 0 Å². The molecule has 0 atom stereocenters. The normalized spacial score (nSPS) is 15.8. The largest absolute Gasteiger partial charge is 0.496 e. The van der Waals surface area contributed by atoms with E-state index in [2.05, 4.69) is 71.9 Å². The van der Waals surface area contributed by atoms with E-state index in [9.17, 15) is 0 Å². The SMILES string of the molecule is CN=C(NCc1ccc(C)cc1OC)NCC1(c2ccccc2C)CCOCC1.I. The van der Waals surface area contributed by atoms with Crippen molar-refractivity contribution in [2.75, 3.05) is 33.9 Å². The molecule has 1 fully saturated rings. The molecular formula is C24H34IN3O2. The molecule has 0 aliphatic carbocycles. The number of guanidine groups is 1. The molecule has 164 valence electrons. The molecule has 1 saturated heterocycles. The fourth-order valence-electron chi connectivity index (χ4n) is 4.12. The first-order valence-corrected chi connectivity index (χ1v) is 10.3. The molecule has 2 N–H and O–H groups in total. The van der Waals surface area contributed by atoms with Crippen LogP contribution in [0.3, 0.4) is 0 Å². The summed E-state index contributed by atoms with van der Waals surface area (Å²) in [6.07, 6.45) is 2.02. The van der Waals surface area contributed by atoms with Gasteiger partial charge in [-0.25, -0.2) is 0 Å². The summed E-state index contributed by atoms with van der Waals surface area (Å²) in [7, 11) is 3.52. The minimum atomic E-state index is 0. The lowest BCUT2D eigenvalue weighted by molar-refractivity contribution is 0.0512. The van der Waals surface area contributed by atoms with Gasteiger partial charge in [0.2, 0.25) is 0 Å². The Morgan fingerprint density at radius 2 is 1.83 bits per heavy atom. The molecule has 6 heteroatoms. The number of methoxy groups -OCH3 is 1. The number of hydrogen-bond acceptors (Lipinski definition) is 3. The van der Waals surface area contributed by atoms with Crippen LogP contribution in [-0.2, 0) is 16.7 Å². The van der Waals surface area contributed by atoms with E-state index in [0.717, 1.165) is 49.9 Å². The summed E-state index contributed by atoms with van der Waals surface area (Å²) in [4.78, 5) is 4.43. The molecule has 2 aromatic rings. The molecule has 0 spiro atoms. The van der Waals surface area contributed by atoms with E-state index in [1.165, 1.54) is 16.7 Å². The number of hydrogen-bond donors (Lipinski definition) is 2. The average molecular weight is 523 g/mol. The van der Waals surface area contributed by atoms with Gasteiger partial charge in [0.05, 0.1) is 7.11 Å². The Labute approximate surface area is 197 Å². The van der Waals surface area contributed by atoms with Crippen molar-refractivity contribution in [3.05, 3.63) is 64.7 Å². The topological polar surface area (TPSA) is 54.9 Å². The number of nitrogens with zero attached hydrogens (tertiary/aromatic N) is 1. The fourth-order valence-corrected chi connectivity index (χ4v) is 4.12. The molecule has 30 heavy (non-hydrogen) atoms. The third-order valence-corrected chi connectivity index (χ3v) is 5.87. The molecule has 0 radical (unpaired) electrons. The number of benzene rings is 2. The quantitative estimate of drug-likeness (QED) is 0.336. The Hall–Kier alpha value is -1.80. The van der Waals surface area contributed by atoms with Crippen LogP contribution in [0.15, 0.2) is 47.5 Å². The predicted octanol–water partition coefficient (Wildman–Crippen LogP) is 4.34. The molecule has 3 rings (SSSR count). The summed E-state index contributed by atoms with van der Waals surface area (Å²) in [5, 5.41) is 7.00. The number of halogens is 1. The summed E-state index contributed by atoms with van der Waals surface area (Å²) in [5.74, 6) is 1.70. The fraction of sp³-hybridized carbons (Fsp3) is 0.458. The highest BCUT2D eigenvalue weighted by molar-refractivity contribution is 14.0. The minimum Gasteiger partial charge on any atom is -0.496 e. The lowest BCUT2D eigenvalue weighted by atomic mass is 9.72. The van der Waals surface area contributed by atoms with Gasteiger partial charge in [0.15, 0.2) is 5.96 Å². The molecule has 2 aromatic carbocycles. The zero-order valence-corrected chi connectivity index (χ0v) is 20.8. The van der Waals surface area contributed by atoms with Crippen LogP contribution in [0.1, 0.15) is 35.1 Å². The van der Waals surface area contributed by atoms with E-state index in [1.54, 1.807) is 7.11 Å². The van der Waals surface area contributed by atoms with Crippen molar-refractivity contribution in [3.8, 4) is 5.75 Å². The monoisotopic (exact) mass is 523 g/mol. The molecule has 0 bridgehead atoms. The summed E-state index contributed by atoms with van der Waals surface area (Å²) >= 11 is 0. The maximum atomic E-state index is 5.67. The summed E-state index contributed by atoms with van der Waals surface area (Å²) < 4.78 is 11.2. The third-order valence-electron chi connectivity index (χ3n) is 5.87.